The molecule has 0 atom stereocenters. The van der Waals surface area contributed by atoms with Crippen molar-refractivity contribution < 1.29 is 19.1 Å². The fourth-order valence-corrected chi connectivity index (χ4v) is 2.81. The van der Waals surface area contributed by atoms with Gasteiger partial charge in [0.25, 0.3) is 0 Å². The van der Waals surface area contributed by atoms with E-state index in [0.29, 0.717) is 29.4 Å². The van der Waals surface area contributed by atoms with E-state index in [1.165, 1.54) is 13.0 Å². The van der Waals surface area contributed by atoms with Gasteiger partial charge in [-0.15, -0.1) is 0 Å². The van der Waals surface area contributed by atoms with Crippen molar-refractivity contribution in [3.05, 3.63) is 95.6 Å². The summed E-state index contributed by atoms with van der Waals surface area (Å²) in [5, 5.41) is 2.75. The molecule has 0 unspecified atom stereocenters. The van der Waals surface area contributed by atoms with E-state index < -0.39 is 0 Å². The maximum atomic E-state index is 12.2. The number of carbonyl (C=O) groups is 2. The number of amides is 1. The third-order valence-corrected chi connectivity index (χ3v) is 4.39. The van der Waals surface area contributed by atoms with Gasteiger partial charge in [-0.1, -0.05) is 48.5 Å². The van der Waals surface area contributed by atoms with Crippen LogP contribution in [0.15, 0.2) is 78.9 Å². The Morgan fingerprint density at radius 1 is 0.933 bits per heavy atom. The smallest absolute Gasteiger partial charge is 0.248 e. The number of Topliss-reactive ketones (excluding diaryl/α,β-unsaturated/α-hetero) is 1. The molecule has 5 heteroatoms. The lowest BCUT2D eigenvalue weighted by molar-refractivity contribution is -0.111. The Labute approximate surface area is 176 Å². The Bertz CT molecular complexity index is 1060. The molecule has 1 N–H and O–H groups in total. The zero-order valence-electron chi connectivity index (χ0n) is 16.9. The molecular weight excluding hydrogens is 378 g/mol. The molecular formula is C25H23NO4. The molecule has 0 aliphatic heterocycles. The number of ketones is 1. The van der Waals surface area contributed by atoms with Crippen LogP contribution in [0.5, 0.6) is 11.5 Å². The SMILES string of the molecule is COc1cc(C=CC(=O)Nc2cccc(C(C)=O)c2)ccc1OCc1ccccc1. The maximum absolute atomic E-state index is 12.2. The molecule has 0 spiro atoms. The monoisotopic (exact) mass is 401 g/mol. The first-order valence-electron chi connectivity index (χ1n) is 9.50. The lowest BCUT2D eigenvalue weighted by atomic mass is 10.1. The summed E-state index contributed by atoms with van der Waals surface area (Å²) in [5.41, 5.74) is 2.98. The molecule has 0 aromatic heterocycles. The highest BCUT2D eigenvalue weighted by Gasteiger charge is 2.06. The lowest BCUT2D eigenvalue weighted by Crippen LogP contribution is -2.08. The van der Waals surface area contributed by atoms with E-state index in [2.05, 4.69) is 5.32 Å². The van der Waals surface area contributed by atoms with E-state index in [4.69, 9.17) is 9.47 Å². The largest absolute Gasteiger partial charge is 0.493 e. The highest BCUT2D eigenvalue weighted by Crippen LogP contribution is 2.29. The van der Waals surface area contributed by atoms with Crippen LogP contribution in [0, 0.1) is 0 Å². The molecule has 5 nitrogen and oxygen atoms in total. The van der Waals surface area contributed by atoms with Gasteiger partial charge in [0.2, 0.25) is 5.91 Å². The van der Waals surface area contributed by atoms with Crippen molar-refractivity contribution in [3.8, 4) is 11.5 Å². The molecule has 0 fully saturated rings. The first-order chi connectivity index (χ1) is 14.5. The van der Waals surface area contributed by atoms with E-state index in [1.54, 1.807) is 43.5 Å². The first-order valence-corrected chi connectivity index (χ1v) is 9.50. The van der Waals surface area contributed by atoms with Crippen molar-refractivity contribution >= 4 is 23.5 Å². The van der Waals surface area contributed by atoms with Gasteiger partial charge in [0, 0.05) is 17.3 Å². The van der Waals surface area contributed by atoms with Crippen molar-refractivity contribution in [2.45, 2.75) is 13.5 Å². The summed E-state index contributed by atoms with van der Waals surface area (Å²) in [5.74, 6) is 0.869. The van der Waals surface area contributed by atoms with Crippen LogP contribution < -0.4 is 14.8 Å². The summed E-state index contributed by atoms with van der Waals surface area (Å²) in [6.45, 7) is 1.93. The first kappa shape index (κ1) is 20.9. The standard InChI is InChI=1S/C25H23NO4/c1-18(27)21-9-6-10-22(16-21)26-25(28)14-12-19-11-13-23(24(15-19)29-2)30-17-20-7-4-3-5-8-20/h3-16H,17H2,1-2H3,(H,26,28). The Morgan fingerprint density at radius 2 is 1.73 bits per heavy atom. The summed E-state index contributed by atoms with van der Waals surface area (Å²) in [6.07, 6.45) is 3.12. The molecule has 0 radical (unpaired) electrons. The minimum absolute atomic E-state index is 0.0525. The van der Waals surface area contributed by atoms with Crippen molar-refractivity contribution in [1.29, 1.82) is 0 Å². The minimum Gasteiger partial charge on any atom is -0.493 e. The average Bonchev–Trinajstić information content (AvgIpc) is 2.77. The minimum atomic E-state index is -0.293. The van der Waals surface area contributed by atoms with Gasteiger partial charge in [-0.05, 0) is 48.4 Å². The molecule has 1 amide bonds. The molecule has 3 aromatic rings. The van der Waals surface area contributed by atoms with Gasteiger partial charge >= 0.3 is 0 Å². The number of ether oxygens (including phenoxy) is 2. The fraction of sp³-hybridized carbons (Fsp3) is 0.120. The van der Waals surface area contributed by atoms with Crippen molar-refractivity contribution in [2.75, 3.05) is 12.4 Å². The molecule has 0 heterocycles. The molecule has 0 bridgehead atoms. The molecule has 0 saturated carbocycles. The lowest BCUT2D eigenvalue weighted by Gasteiger charge is -2.11. The van der Waals surface area contributed by atoms with E-state index >= 15 is 0 Å². The van der Waals surface area contributed by atoms with Crippen LogP contribution in [0.3, 0.4) is 0 Å². The number of carbonyl (C=O) groups excluding carboxylic acids is 2. The predicted molar refractivity (Wildman–Crippen MR) is 118 cm³/mol. The van der Waals surface area contributed by atoms with Gasteiger partial charge in [-0.25, -0.2) is 0 Å². The quantitative estimate of drug-likeness (QED) is 0.420. The van der Waals surface area contributed by atoms with Crippen molar-refractivity contribution in [1.82, 2.24) is 0 Å². The number of rotatable bonds is 8. The zero-order valence-corrected chi connectivity index (χ0v) is 16.9. The van der Waals surface area contributed by atoms with Crippen LogP contribution >= 0.6 is 0 Å². The van der Waals surface area contributed by atoms with E-state index in [0.717, 1.165) is 11.1 Å². The predicted octanol–water partition coefficient (Wildman–Crippen LogP) is 5.13. The summed E-state index contributed by atoms with van der Waals surface area (Å²) in [7, 11) is 1.58. The molecule has 0 aliphatic rings. The normalized spacial score (nSPS) is 10.6. The van der Waals surface area contributed by atoms with Gasteiger partial charge < -0.3 is 14.8 Å². The van der Waals surface area contributed by atoms with Gasteiger partial charge in [-0.3, -0.25) is 9.59 Å². The Balaban J connectivity index is 1.64. The van der Waals surface area contributed by atoms with Crippen LogP contribution in [-0.4, -0.2) is 18.8 Å². The van der Waals surface area contributed by atoms with Gasteiger partial charge in [0.05, 0.1) is 7.11 Å². The second-order valence-electron chi connectivity index (χ2n) is 6.64. The van der Waals surface area contributed by atoms with Gasteiger partial charge in [0.1, 0.15) is 6.61 Å². The second kappa shape index (κ2) is 10.1. The maximum Gasteiger partial charge on any atom is 0.248 e. The zero-order chi connectivity index (χ0) is 21.3. The molecule has 3 rings (SSSR count). The van der Waals surface area contributed by atoms with Crippen LogP contribution in [-0.2, 0) is 11.4 Å². The number of hydrogen-bond donors (Lipinski definition) is 1. The number of hydrogen-bond acceptors (Lipinski definition) is 4. The third kappa shape index (κ3) is 5.82. The number of benzene rings is 3. The second-order valence-corrected chi connectivity index (χ2v) is 6.64. The molecule has 152 valence electrons. The number of methoxy groups -OCH3 is 1. The number of anilines is 1. The third-order valence-electron chi connectivity index (χ3n) is 4.39. The molecule has 3 aromatic carbocycles. The van der Waals surface area contributed by atoms with Crippen molar-refractivity contribution in [3.63, 3.8) is 0 Å². The Kier molecular flexibility index (Phi) is 7.00. The average molecular weight is 401 g/mol. The molecule has 30 heavy (non-hydrogen) atoms. The van der Waals surface area contributed by atoms with Crippen molar-refractivity contribution in [2.24, 2.45) is 0 Å². The fourth-order valence-electron chi connectivity index (χ4n) is 2.81. The van der Waals surface area contributed by atoms with Gasteiger partial charge in [0.15, 0.2) is 17.3 Å². The van der Waals surface area contributed by atoms with E-state index in [1.807, 2.05) is 42.5 Å². The Morgan fingerprint density at radius 3 is 2.47 bits per heavy atom. The summed E-state index contributed by atoms with van der Waals surface area (Å²) in [6, 6.07) is 22.2. The van der Waals surface area contributed by atoms with E-state index in [9.17, 15) is 9.59 Å². The van der Waals surface area contributed by atoms with Crippen LogP contribution in [0.25, 0.3) is 6.08 Å². The molecule has 0 aliphatic carbocycles. The highest BCUT2D eigenvalue weighted by molar-refractivity contribution is 6.03. The summed E-state index contributed by atoms with van der Waals surface area (Å²) in [4.78, 5) is 23.7. The topological polar surface area (TPSA) is 64.6 Å². The molecule has 0 saturated heterocycles. The summed E-state index contributed by atoms with van der Waals surface area (Å²) >= 11 is 0. The Hall–Kier alpha value is -3.86. The van der Waals surface area contributed by atoms with Crippen LogP contribution in [0.2, 0.25) is 0 Å². The van der Waals surface area contributed by atoms with Crippen LogP contribution in [0.1, 0.15) is 28.4 Å². The van der Waals surface area contributed by atoms with Gasteiger partial charge in [-0.2, -0.15) is 0 Å². The number of nitrogens with one attached hydrogen (secondary N) is 1. The van der Waals surface area contributed by atoms with E-state index in [-0.39, 0.29) is 11.7 Å². The highest BCUT2D eigenvalue weighted by atomic mass is 16.5. The summed E-state index contributed by atoms with van der Waals surface area (Å²) < 4.78 is 11.3. The van der Waals surface area contributed by atoms with Crippen LogP contribution in [0.4, 0.5) is 5.69 Å².